The quantitative estimate of drug-likeness (QED) is 0.632. The second-order valence-electron chi connectivity index (χ2n) is 5.34. The normalized spacial score (nSPS) is 14.6. The second kappa shape index (κ2) is 8.29. The van der Waals surface area contributed by atoms with Crippen molar-refractivity contribution in [1.82, 2.24) is 9.97 Å². The van der Waals surface area contributed by atoms with Crippen LogP contribution in [0.5, 0.6) is 11.5 Å². The summed E-state index contributed by atoms with van der Waals surface area (Å²) in [5, 5.41) is 4.23. The van der Waals surface area contributed by atoms with E-state index in [0.717, 1.165) is 30.2 Å². The zero-order valence-corrected chi connectivity index (χ0v) is 14.3. The number of anilines is 2. The number of hydrogen-bond acceptors (Lipinski definition) is 8. The van der Waals surface area contributed by atoms with Crippen molar-refractivity contribution in [2.45, 2.75) is 0 Å². The van der Waals surface area contributed by atoms with Gasteiger partial charge >= 0.3 is 0 Å². The van der Waals surface area contributed by atoms with E-state index in [2.05, 4.69) is 25.4 Å². The van der Waals surface area contributed by atoms with Crippen molar-refractivity contribution in [1.29, 1.82) is 0 Å². The molecule has 2 heterocycles. The highest BCUT2D eigenvalue weighted by Gasteiger charge is 2.12. The molecule has 8 heteroatoms. The number of nitrogens with one attached hydrogen (secondary N) is 1. The maximum Gasteiger partial charge on any atom is 0.151 e. The Morgan fingerprint density at radius 1 is 1.16 bits per heavy atom. The first-order chi connectivity index (χ1) is 12.3. The third-order valence-corrected chi connectivity index (χ3v) is 3.81. The first-order valence-electron chi connectivity index (χ1n) is 7.96. The van der Waals surface area contributed by atoms with Gasteiger partial charge < -0.3 is 19.1 Å². The van der Waals surface area contributed by atoms with Crippen molar-refractivity contribution in [2.24, 2.45) is 5.10 Å². The Labute approximate surface area is 146 Å². The SMILES string of the molecule is COc1ccc(/C=N\Nc2cc(N3CCOCC3)ncn2)c(OC)c1. The zero-order chi connectivity index (χ0) is 17.5. The molecule has 1 fully saturated rings. The number of methoxy groups -OCH3 is 2. The van der Waals surface area contributed by atoms with Crippen LogP contribution >= 0.6 is 0 Å². The van der Waals surface area contributed by atoms with Gasteiger partial charge in [0, 0.05) is 30.8 Å². The maximum atomic E-state index is 5.36. The van der Waals surface area contributed by atoms with E-state index < -0.39 is 0 Å². The molecule has 0 bridgehead atoms. The Kier molecular flexibility index (Phi) is 5.63. The number of hydrazone groups is 1. The fraction of sp³-hybridized carbons (Fsp3) is 0.353. The summed E-state index contributed by atoms with van der Waals surface area (Å²) >= 11 is 0. The minimum Gasteiger partial charge on any atom is -0.497 e. The van der Waals surface area contributed by atoms with Crippen LogP contribution in [0.25, 0.3) is 0 Å². The highest BCUT2D eigenvalue weighted by Crippen LogP contribution is 2.23. The number of nitrogens with zero attached hydrogens (tertiary/aromatic N) is 4. The number of hydrogen-bond donors (Lipinski definition) is 1. The minimum absolute atomic E-state index is 0.625. The van der Waals surface area contributed by atoms with Crippen molar-refractivity contribution in [3.63, 3.8) is 0 Å². The molecule has 1 aromatic heterocycles. The zero-order valence-electron chi connectivity index (χ0n) is 14.3. The van der Waals surface area contributed by atoms with Gasteiger partial charge in [0.1, 0.15) is 23.6 Å². The van der Waals surface area contributed by atoms with Gasteiger partial charge in [-0.2, -0.15) is 5.10 Å². The van der Waals surface area contributed by atoms with Gasteiger partial charge in [-0.15, -0.1) is 0 Å². The van der Waals surface area contributed by atoms with Crippen molar-refractivity contribution in [3.8, 4) is 11.5 Å². The number of aromatic nitrogens is 2. The number of benzene rings is 1. The van der Waals surface area contributed by atoms with Crippen LogP contribution in [0.15, 0.2) is 35.7 Å². The lowest BCUT2D eigenvalue weighted by molar-refractivity contribution is 0.122. The fourth-order valence-corrected chi connectivity index (χ4v) is 2.47. The molecule has 0 radical (unpaired) electrons. The Morgan fingerprint density at radius 2 is 2.00 bits per heavy atom. The monoisotopic (exact) mass is 343 g/mol. The van der Waals surface area contributed by atoms with E-state index in [1.807, 2.05) is 24.3 Å². The first kappa shape index (κ1) is 17.0. The van der Waals surface area contributed by atoms with Crippen LogP contribution in [0.2, 0.25) is 0 Å². The lowest BCUT2D eigenvalue weighted by Crippen LogP contribution is -2.36. The van der Waals surface area contributed by atoms with Crippen LogP contribution in [0.3, 0.4) is 0 Å². The molecule has 0 amide bonds. The summed E-state index contributed by atoms with van der Waals surface area (Å²) in [5.74, 6) is 2.90. The minimum atomic E-state index is 0.625. The van der Waals surface area contributed by atoms with Gasteiger partial charge in [0.15, 0.2) is 5.82 Å². The molecule has 25 heavy (non-hydrogen) atoms. The number of ether oxygens (including phenoxy) is 3. The third-order valence-electron chi connectivity index (χ3n) is 3.81. The molecule has 132 valence electrons. The van der Waals surface area contributed by atoms with Gasteiger partial charge in [-0.3, -0.25) is 5.43 Å². The summed E-state index contributed by atoms with van der Waals surface area (Å²) in [6, 6.07) is 7.41. The molecule has 0 atom stereocenters. The van der Waals surface area contributed by atoms with Crippen molar-refractivity contribution in [2.75, 3.05) is 50.8 Å². The van der Waals surface area contributed by atoms with Crippen LogP contribution in [0, 0.1) is 0 Å². The summed E-state index contributed by atoms with van der Waals surface area (Å²) in [7, 11) is 3.23. The molecule has 1 N–H and O–H groups in total. The molecule has 1 aliphatic heterocycles. The Bertz CT molecular complexity index is 732. The lowest BCUT2D eigenvalue weighted by Gasteiger charge is -2.27. The smallest absolute Gasteiger partial charge is 0.151 e. The van der Waals surface area contributed by atoms with Crippen molar-refractivity contribution >= 4 is 17.9 Å². The lowest BCUT2D eigenvalue weighted by atomic mass is 10.2. The summed E-state index contributed by atoms with van der Waals surface area (Å²) in [6.45, 7) is 3.07. The largest absolute Gasteiger partial charge is 0.497 e. The number of morpholine rings is 1. The fourth-order valence-electron chi connectivity index (χ4n) is 2.47. The van der Waals surface area contributed by atoms with Gasteiger partial charge in [0.25, 0.3) is 0 Å². The second-order valence-corrected chi connectivity index (χ2v) is 5.34. The highest BCUT2D eigenvalue weighted by atomic mass is 16.5. The summed E-state index contributed by atoms with van der Waals surface area (Å²) in [4.78, 5) is 10.7. The van der Waals surface area contributed by atoms with E-state index in [9.17, 15) is 0 Å². The standard InChI is InChI=1S/C17H21N5O3/c1-23-14-4-3-13(15(9-14)24-2)11-20-21-16-10-17(19-12-18-16)22-5-7-25-8-6-22/h3-4,9-12H,5-8H2,1-2H3,(H,18,19,21)/b20-11-. The molecule has 0 aliphatic carbocycles. The first-order valence-corrected chi connectivity index (χ1v) is 7.96. The van der Waals surface area contributed by atoms with E-state index in [-0.39, 0.29) is 0 Å². The highest BCUT2D eigenvalue weighted by molar-refractivity contribution is 5.84. The van der Waals surface area contributed by atoms with Gasteiger partial charge in [0.05, 0.1) is 33.6 Å². The van der Waals surface area contributed by atoms with Crippen LogP contribution in [0.4, 0.5) is 11.6 Å². The molecule has 0 saturated carbocycles. The predicted molar refractivity (Wildman–Crippen MR) is 95.8 cm³/mol. The van der Waals surface area contributed by atoms with Gasteiger partial charge in [-0.05, 0) is 12.1 Å². The van der Waals surface area contributed by atoms with Crippen LogP contribution < -0.4 is 19.8 Å². The van der Waals surface area contributed by atoms with E-state index in [0.29, 0.717) is 24.8 Å². The third kappa shape index (κ3) is 4.36. The number of rotatable bonds is 6. The van der Waals surface area contributed by atoms with E-state index >= 15 is 0 Å². The van der Waals surface area contributed by atoms with Crippen molar-refractivity contribution in [3.05, 3.63) is 36.2 Å². The molecule has 1 aromatic carbocycles. The predicted octanol–water partition coefficient (Wildman–Crippen LogP) is 1.78. The molecular weight excluding hydrogens is 322 g/mol. The summed E-state index contributed by atoms with van der Waals surface area (Å²) < 4.78 is 15.9. The maximum absolute atomic E-state index is 5.36. The Hall–Kier alpha value is -2.87. The molecule has 1 aliphatic rings. The van der Waals surface area contributed by atoms with Crippen LogP contribution in [0.1, 0.15) is 5.56 Å². The van der Waals surface area contributed by atoms with Crippen LogP contribution in [-0.2, 0) is 4.74 Å². The Balaban J connectivity index is 1.68. The summed E-state index contributed by atoms with van der Waals surface area (Å²) in [5.41, 5.74) is 3.76. The Morgan fingerprint density at radius 3 is 2.76 bits per heavy atom. The van der Waals surface area contributed by atoms with Gasteiger partial charge in [-0.1, -0.05) is 0 Å². The molecule has 1 saturated heterocycles. The van der Waals surface area contributed by atoms with Crippen molar-refractivity contribution < 1.29 is 14.2 Å². The average molecular weight is 343 g/mol. The molecule has 0 unspecified atom stereocenters. The summed E-state index contributed by atoms with van der Waals surface area (Å²) in [6.07, 6.45) is 3.20. The molecule has 2 aromatic rings. The molecule has 0 spiro atoms. The average Bonchev–Trinajstić information content (AvgIpc) is 2.69. The van der Waals surface area contributed by atoms with Gasteiger partial charge in [-0.25, -0.2) is 9.97 Å². The van der Waals surface area contributed by atoms with E-state index in [4.69, 9.17) is 14.2 Å². The van der Waals surface area contributed by atoms with E-state index in [1.54, 1.807) is 20.4 Å². The topological polar surface area (TPSA) is 81.1 Å². The molecule has 3 rings (SSSR count). The van der Waals surface area contributed by atoms with Crippen LogP contribution in [-0.4, -0.2) is 56.7 Å². The van der Waals surface area contributed by atoms with E-state index in [1.165, 1.54) is 6.33 Å². The molecule has 8 nitrogen and oxygen atoms in total. The van der Waals surface area contributed by atoms with Gasteiger partial charge in [0.2, 0.25) is 0 Å². The molecular formula is C17H21N5O3.